The number of carbonyl (C=O) groups excluding carboxylic acids is 2. The molecule has 2 amide bonds. The molecule has 1 aromatic heterocycles. The van der Waals surface area contributed by atoms with Crippen LogP contribution in [0.2, 0.25) is 0 Å². The standard InChI is InChI=1S/C27H30N4O2/c32-26(19-8-2-1-3-9-19)29-20-14-23(27(33)30-16-18-7-6-12-22(30)13-18)25-24(15-20)28-17-31(25)21-10-4-5-11-21/h1-3,8-9,14-15,17-18,21-22H,4-7,10-13,16H2,(H,29,32)/t18-,22+/m0/s1. The molecule has 2 aromatic carbocycles. The molecule has 1 saturated heterocycles. The lowest BCUT2D eigenvalue weighted by Gasteiger charge is -2.26. The van der Waals surface area contributed by atoms with Crippen molar-refractivity contribution in [2.24, 2.45) is 5.92 Å². The van der Waals surface area contributed by atoms with Gasteiger partial charge in [-0.3, -0.25) is 9.59 Å². The maximum absolute atomic E-state index is 13.9. The zero-order valence-corrected chi connectivity index (χ0v) is 18.9. The highest BCUT2D eigenvalue weighted by atomic mass is 16.2. The van der Waals surface area contributed by atoms with Gasteiger partial charge in [-0.2, -0.15) is 0 Å². The van der Waals surface area contributed by atoms with Gasteiger partial charge in [0.2, 0.25) is 0 Å². The highest BCUT2D eigenvalue weighted by Gasteiger charge is 2.39. The summed E-state index contributed by atoms with van der Waals surface area (Å²) < 4.78 is 2.22. The molecule has 170 valence electrons. The maximum Gasteiger partial charge on any atom is 0.256 e. The molecule has 1 N–H and O–H groups in total. The third-order valence-electron chi connectivity index (χ3n) is 7.82. The molecule has 6 heteroatoms. The lowest BCUT2D eigenvalue weighted by atomic mass is 9.90. The second-order valence-corrected chi connectivity index (χ2v) is 9.95. The van der Waals surface area contributed by atoms with Crippen LogP contribution in [0.3, 0.4) is 0 Å². The quantitative estimate of drug-likeness (QED) is 0.587. The molecule has 2 aliphatic carbocycles. The van der Waals surface area contributed by atoms with Crippen LogP contribution in [0.25, 0.3) is 11.0 Å². The Hall–Kier alpha value is -3.15. The van der Waals surface area contributed by atoms with Gasteiger partial charge in [0.1, 0.15) is 0 Å². The number of amides is 2. The van der Waals surface area contributed by atoms with Crippen LogP contribution >= 0.6 is 0 Å². The Morgan fingerprint density at radius 3 is 2.52 bits per heavy atom. The molecule has 3 aliphatic rings. The van der Waals surface area contributed by atoms with E-state index in [9.17, 15) is 9.59 Å². The first-order valence-electron chi connectivity index (χ1n) is 12.4. The topological polar surface area (TPSA) is 67.2 Å². The van der Waals surface area contributed by atoms with Crippen LogP contribution in [-0.2, 0) is 0 Å². The highest BCUT2D eigenvalue weighted by molar-refractivity contribution is 6.10. The number of benzene rings is 2. The first-order valence-corrected chi connectivity index (χ1v) is 12.4. The number of carbonyl (C=O) groups is 2. The minimum atomic E-state index is -0.180. The van der Waals surface area contributed by atoms with Gasteiger partial charge >= 0.3 is 0 Å². The Morgan fingerprint density at radius 1 is 0.939 bits per heavy atom. The third kappa shape index (κ3) is 3.71. The summed E-state index contributed by atoms with van der Waals surface area (Å²) in [6, 6.07) is 13.7. The molecule has 2 heterocycles. The van der Waals surface area contributed by atoms with E-state index in [1.54, 1.807) is 12.1 Å². The van der Waals surface area contributed by atoms with Crippen LogP contribution in [0.1, 0.15) is 78.1 Å². The van der Waals surface area contributed by atoms with Crippen molar-refractivity contribution in [3.8, 4) is 0 Å². The van der Waals surface area contributed by atoms with Crippen molar-refractivity contribution < 1.29 is 9.59 Å². The molecule has 0 radical (unpaired) electrons. The third-order valence-corrected chi connectivity index (χ3v) is 7.82. The van der Waals surface area contributed by atoms with E-state index in [2.05, 4.69) is 19.8 Å². The molecule has 2 saturated carbocycles. The molecule has 33 heavy (non-hydrogen) atoms. The Labute approximate surface area is 194 Å². The highest BCUT2D eigenvalue weighted by Crippen LogP contribution is 2.39. The summed E-state index contributed by atoms with van der Waals surface area (Å²) in [5, 5.41) is 3.00. The van der Waals surface area contributed by atoms with E-state index in [0.717, 1.165) is 43.3 Å². The van der Waals surface area contributed by atoms with Gasteiger partial charge in [-0.1, -0.05) is 37.5 Å². The minimum Gasteiger partial charge on any atom is -0.335 e. The van der Waals surface area contributed by atoms with Gasteiger partial charge in [0, 0.05) is 29.9 Å². The average Bonchev–Trinajstić information content (AvgIpc) is 3.57. The van der Waals surface area contributed by atoms with Crippen LogP contribution < -0.4 is 5.32 Å². The lowest BCUT2D eigenvalue weighted by Crippen LogP contribution is -2.35. The van der Waals surface area contributed by atoms with Gasteiger partial charge in [0.05, 0.1) is 22.9 Å². The summed E-state index contributed by atoms with van der Waals surface area (Å²) in [5.41, 5.74) is 3.59. The van der Waals surface area contributed by atoms with E-state index in [4.69, 9.17) is 0 Å². The number of fused-ring (bicyclic) bond motifs is 3. The number of rotatable bonds is 4. The molecule has 6 nitrogen and oxygen atoms in total. The molecular formula is C27H30N4O2. The van der Waals surface area contributed by atoms with E-state index in [0.29, 0.717) is 34.8 Å². The first kappa shape index (κ1) is 20.5. The number of anilines is 1. The van der Waals surface area contributed by atoms with Gasteiger partial charge in [-0.15, -0.1) is 0 Å². The number of hydrogen-bond donors (Lipinski definition) is 1. The summed E-state index contributed by atoms with van der Waals surface area (Å²) in [6.07, 6.45) is 11.2. The van der Waals surface area contributed by atoms with Gasteiger partial charge in [-0.25, -0.2) is 4.98 Å². The summed E-state index contributed by atoms with van der Waals surface area (Å²) in [7, 11) is 0. The first-order chi connectivity index (χ1) is 16.2. The van der Waals surface area contributed by atoms with Crippen LogP contribution in [0.4, 0.5) is 5.69 Å². The van der Waals surface area contributed by atoms with Crippen molar-refractivity contribution in [1.82, 2.24) is 14.5 Å². The van der Waals surface area contributed by atoms with Crippen molar-refractivity contribution in [3.63, 3.8) is 0 Å². The summed E-state index contributed by atoms with van der Waals surface area (Å²) in [6.45, 7) is 0.850. The van der Waals surface area contributed by atoms with Gasteiger partial charge in [-0.05, 0) is 62.3 Å². The van der Waals surface area contributed by atoms with E-state index in [1.165, 1.54) is 25.7 Å². The van der Waals surface area contributed by atoms with Crippen molar-refractivity contribution in [1.29, 1.82) is 0 Å². The second kappa shape index (κ2) is 8.32. The lowest BCUT2D eigenvalue weighted by molar-refractivity contribution is 0.0734. The second-order valence-electron chi connectivity index (χ2n) is 9.95. The molecule has 3 aromatic rings. The van der Waals surface area contributed by atoms with Crippen LogP contribution in [-0.4, -0.2) is 38.9 Å². The van der Waals surface area contributed by atoms with Gasteiger partial charge in [0.15, 0.2) is 0 Å². The number of aromatic nitrogens is 2. The number of nitrogens with zero attached hydrogens (tertiary/aromatic N) is 3. The van der Waals surface area contributed by atoms with E-state index in [-0.39, 0.29) is 11.8 Å². The molecule has 2 atom stereocenters. The largest absolute Gasteiger partial charge is 0.335 e. The predicted octanol–water partition coefficient (Wildman–Crippen LogP) is 5.42. The smallest absolute Gasteiger partial charge is 0.256 e. The normalized spacial score (nSPS) is 22.7. The van der Waals surface area contributed by atoms with Crippen molar-refractivity contribution in [3.05, 3.63) is 59.9 Å². The zero-order valence-electron chi connectivity index (χ0n) is 18.9. The Kier molecular flexibility index (Phi) is 5.16. The molecule has 0 spiro atoms. The predicted molar refractivity (Wildman–Crippen MR) is 128 cm³/mol. The maximum atomic E-state index is 13.9. The zero-order chi connectivity index (χ0) is 22.4. The molecule has 3 fully saturated rings. The molecule has 6 rings (SSSR count). The fourth-order valence-electron chi connectivity index (χ4n) is 6.20. The van der Waals surface area contributed by atoms with E-state index in [1.807, 2.05) is 36.7 Å². The van der Waals surface area contributed by atoms with E-state index < -0.39 is 0 Å². The molecule has 2 bridgehead atoms. The van der Waals surface area contributed by atoms with Gasteiger partial charge < -0.3 is 14.8 Å². The van der Waals surface area contributed by atoms with Crippen molar-refractivity contribution in [2.45, 2.75) is 63.5 Å². The SMILES string of the molecule is O=C(Nc1cc(C(=O)N2C[C@H]3CCC[C@@H]2C3)c2c(c1)ncn2C1CCCC1)c1ccccc1. The van der Waals surface area contributed by atoms with Crippen molar-refractivity contribution >= 4 is 28.5 Å². The Bertz CT molecular complexity index is 1200. The molecular weight excluding hydrogens is 412 g/mol. The van der Waals surface area contributed by atoms with Crippen LogP contribution in [0, 0.1) is 5.92 Å². The Balaban J connectivity index is 1.41. The molecule has 1 aliphatic heterocycles. The monoisotopic (exact) mass is 442 g/mol. The summed E-state index contributed by atoms with van der Waals surface area (Å²) >= 11 is 0. The number of hydrogen-bond acceptors (Lipinski definition) is 3. The number of imidazole rings is 1. The molecule has 0 unspecified atom stereocenters. The summed E-state index contributed by atoms with van der Waals surface area (Å²) in [4.78, 5) is 33.5. The average molecular weight is 443 g/mol. The fraction of sp³-hybridized carbons (Fsp3) is 0.444. The van der Waals surface area contributed by atoms with Crippen molar-refractivity contribution in [2.75, 3.05) is 11.9 Å². The fourth-order valence-corrected chi connectivity index (χ4v) is 6.20. The van der Waals surface area contributed by atoms with Gasteiger partial charge in [0.25, 0.3) is 11.8 Å². The van der Waals surface area contributed by atoms with Crippen LogP contribution in [0.15, 0.2) is 48.8 Å². The number of nitrogens with one attached hydrogen (secondary N) is 1. The van der Waals surface area contributed by atoms with E-state index >= 15 is 0 Å². The Morgan fingerprint density at radius 2 is 1.73 bits per heavy atom. The van der Waals surface area contributed by atoms with Crippen LogP contribution in [0.5, 0.6) is 0 Å². The minimum absolute atomic E-state index is 0.0879. The summed E-state index contributed by atoms with van der Waals surface area (Å²) in [5.74, 6) is 0.537. The number of likely N-dealkylation sites (tertiary alicyclic amines) is 1.